The third kappa shape index (κ3) is 3.01. The number of aromatic nitrogens is 2. The van der Waals surface area contributed by atoms with E-state index >= 15 is 0 Å². The Labute approximate surface area is 82.3 Å². The maximum atomic E-state index is 11.0. The van der Waals surface area contributed by atoms with Crippen molar-refractivity contribution in [1.82, 2.24) is 9.97 Å². The van der Waals surface area contributed by atoms with Crippen LogP contribution >= 0.6 is 0 Å². The highest BCUT2D eigenvalue weighted by atomic mass is 16.1. The minimum Gasteiger partial charge on any atom is -0.291 e. The summed E-state index contributed by atoms with van der Waals surface area (Å²) in [7, 11) is 0. The van der Waals surface area contributed by atoms with Gasteiger partial charge >= 0.3 is 0 Å². The van der Waals surface area contributed by atoms with Gasteiger partial charge in [-0.1, -0.05) is 6.92 Å². The molecule has 76 valence electrons. The minimum atomic E-state index is -0.177. The quantitative estimate of drug-likeness (QED) is 0.562. The molecular formula is C9H14N4O. The van der Waals surface area contributed by atoms with Crippen molar-refractivity contribution in [2.75, 3.05) is 5.43 Å². The average molecular weight is 194 g/mol. The lowest BCUT2D eigenvalue weighted by atomic mass is 10.3. The van der Waals surface area contributed by atoms with Gasteiger partial charge in [0.15, 0.2) is 0 Å². The maximum absolute atomic E-state index is 11.0. The van der Waals surface area contributed by atoms with Crippen LogP contribution in [0.2, 0.25) is 0 Å². The summed E-state index contributed by atoms with van der Waals surface area (Å²) in [5.74, 6) is 0.378. The fraction of sp³-hybridized carbons (Fsp3) is 0.444. The zero-order valence-corrected chi connectivity index (χ0v) is 8.59. The molecule has 14 heavy (non-hydrogen) atoms. The van der Waals surface area contributed by atoms with E-state index in [-0.39, 0.29) is 5.56 Å². The van der Waals surface area contributed by atoms with Gasteiger partial charge in [-0.15, -0.1) is 0 Å². The van der Waals surface area contributed by atoms with Crippen molar-refractivity contribution in [3.63, 3.8) is 0 Å². The molecule has 0 amide bonds. The topological polar surface area (TPSA) is 70.1 Å². The predicted molar refractivity (Wildman–Crippen MR) is 56.6 cm³/mol. The molecule has 0 spiro atoms. The molecule has 2 N–H and O–H groups in total. The van der Waals surface area contributed by atoms with Crippen molar-refractivity contribution < 1.29 is 0 Å². The van der Waals surface area contributed by atoms with Crippen LogP contribution in [0.3, 0.4) is 0 Å². The lowest BCUT2D eigenvalue weighted by Gasteiger charge is -2.00. The van der Waals surface area contributed by atoms with Crippen molar-refractivity contribution in [3.05, 3.63) is 22.1 Å². The molecule has 0 saturated carbocycles. The standard InChI is InChI=1S/C9H14N4O/c1-4-6(2)12-13-9-10-7(3)5-8(14)11-9/h5H,4H2,1-3H3,(H2,10,11,13,14)/b12-6-. The Balaban J connectivity index is 2.82. The molecule has 0 atom stereocenters. The number of H-pyrrole nitrogens is 1. The van der Waals surface area contributed by atoms with Crippen molar-refractivity contribution in [2.24, 2.45) is 5.10 Å². The van der Waals surface area contributed by atoms with Crippen LogP contribution in [0, 0.1) is 6.92 Å². The first-order valence-corrected chi connectivity index (χ1v) is 4.49. The van der Waals surface area contributed by atoms with Crippen LogP contribution < -0.4 is 11.0 Å². The van der Waals surface area contributed by atoms with E-state index in [4.69, 9.17) is 0 Å². The Morgan fingerprint density at radius 3 is 3.00 bits per heavy atom. The predicted octanol–water partition coefficient (Wildman–Crippen LogP) is 1.28. The molecule has 1 rings (SSSR count). The lowest BCUT2D eigenvalue weighted by Crippen LogP contribution is -2.11. The van der Waals surface area contributed by atoms with Gasteiger partial charge in [0, 0.05) is 17.5 Å². The van der Waals surface area contributed by atoms with Gasteiger partial charge < -0.3 is 0 Å². The van der Waals surface area contributed by atoms with Crippen molar-refractivity contribution in [3.8, 4) is 0 Å². The maximum Gasteiger partial charge on any atom is 0.252 e. The first kappa shape index (κ1) is 10.4. The van der Waals surface area contributed by atoms with Crippen molar-refractivity contribution in [1.29, 1.82) is 0 Å². The molecule has 5 heteroatoms. The van der Waals surface area contributed by atoms with E-state index in [1.807, 2.05) is 13.8 Å². The molecule has 0 unspecified atom stereocenters. The lowest BCUT2D eigenvalue weighted by molar-refractivity contribution is 1.04. The van der Waals surface area contributed by atoms with Gasteiger partial charge in [0.05, 0.1) is 0 Å². The number of hydrogen-bond donors (Lipinski definition) is 2. The summed E-state index contributed by atoms with van der Waals surface area (Å²) in [5, 5.41) is 4.03. The van der Waals surface area contributed by atoms with E-state index in [0.29, 0.717) is 11.6 Å². The van der Waals surface area contributed by atoms with Crippen LogP contribution in [0.25, 0.3) is 0 Å². The molecule has 1 aromatic rings. The van der Waals surface area contributed by atoms with Crippen LogP contribution in [0.1, 0.15) is 26.0 Å². The van der Waals surface area contributed by atoms with Crippen LogP contribution in [-0.2, 0) is 0 Å². The van der Waals surface area contributed by atoms with E-state index in [9.17, 15) is 4.79 Å². The Kier molecular flexibility index (Phi) is 3.39. The minimum absolute atomic E-state index is 0.177. The summed E-state index contributed by atoms with van der Waals surface area (Å²) < 4.78 is 0. The Morgan fingerprint density at radius 2 is 2.43 bits per heavy atom. The van der Waals surface area contributed by atoms with Gasteiger partial charge in [0.2, 0.25) is 5.95 Å². The fourth-order valence-electron chi connectivity index (χ4n) is 0.859. The molecule has 1 aromatic heterocycles. The number of nitrogens with one attached hydrogen (secondary N) is 2. The van der Waals surface area contributed by atoms with Gasteiger partial charge in [-0.05, 0) is 20.3 Å². The molecule has 0 radical (unpaired) electrons. The van der Waals surface area contributed by atoms with E-state index in [0.717, 1.165) is 12.1 Å². The average Bonchev–Trinajstić information content (AvgIpc) is 2.12. The third-order valence-electron chi connectivity index (χ3n) is 1.73. The number of anilines is 1. The van der Waals surface area contributed by atoms with Gasteiger partial charge in [-0.25, -0.2) is 10.4 Å². The summed E-state index contributed by atoms with van der Waals surface area (Å²) in [4.78, 5) is 17.7. The van der Waals surface area contributed by atoms with Crippen LogP contribution in [0.15, 0.2) is 16.0 Å². The van der Waals surface area contributed by atoms with E-state index in [2.05, 4.69) is 20.5 Å². The SMILES string of the molecule is CC/C(C)=N\Nc1nc(C)cc(=O)[nH]1. The second kappa shape index (κ2) is 4.55. The number of hydrogen-bond acceptors (Lipinski definition) is 4. The summed E-state index contributed by atoms with van der Waals surface area (Å²) in [6.07, 6.45) is 0.864. The molecule has 0 aliphatic rings. The van der Waals surface area contributed by atoms with Crippen molar-refractivity contribution in [2.45, 2.75) is 27.2 Å². The highest BCUT2D eigenvalue weighted by Crippen LogP contribution is 1.96. The largest absolute Gasteiger partial charge is 0.291 e. The van der Waals surface area contributed by atoms with E-state index in [1.54, 1.807) is 6.92 Å². The molecule has 0 fully saturated rings. The van der Waals surface area contributed by atoms with Gasteiger partial charge in [-0.2, -0.15) is 5.10 Å². The normalized spacial score (nSPS) is 11.5. The number of aromatic amines is 1. The Bertz CT molecular complexity index is 394. The van der Waals surface area contributed by atoms with E-state index < -0.39 is 0 Å². The highest BCUT2D eigenvalue weighted by molar-refractivity contribution is 5.82. The number of nitrogens with zero attached hydrogens (tertiary/aromatic N) is 2. The zero-order chi connectivity index (χ0) is 10.6. The first-order valence-electron chi connectivity index (χ1n) is 4.49. The van der Waals surface area contributed by atoms with Crippen LogP contribution in [0.4, 0.5) is 5.95 Å². The monoisotopic (exact) mass is 194 g/mol. The van der Waals surface area contributed by atoms with Crippen LogP contribution in [-0.4, -0.2) is 15.7 Å². The van der Waals surface area contributed by atoms with Gasteiger partial charge in [-0.3, -0.25) is 9.78 Å². The summed E-state index contributed by atoms with van der Waals surface area (Å²) >= 11 is 0. The number of aryl methyl sites for hydroxylation is 1. The summed E-state index contributed by atoms with van der Waals surface area (Å²) in [5.41, 5.74) is 4.14. The number of rotatable bonds is 3. The van der Waals surface area contributed by atoms with Crippen LogP contribution in [0.5, 0.6) is 0 Å². The van der Waals surface area contributed by atoms with Gasteiger partial charge in [0.1, 0.15) is 0 Å². The molecule has 5 nitrogen and oxygen atoms in total. The molecule has 0 saturated heterocycles. The molecule has 0 aliphatic heterocycles. The summed E-state index contributed by atoms with van der Waals surface area (Å²) in [6.45, 7) is 5.67. The Morgan fingerprint density at radius 1 is 1.71 bits per heavy atom. The molecule has 0 bridgehead atoms. The van der Waals surface area contributed by atoms with Crippen molar-refractivity contribution >= 4 is 11.7 Å². The smallest absolute Gasteiger partial charge is 0.252 e. The molecular weight excluding hydrogens is 180 g/mol. The third-order valence-corrected chi connectivity index (χ3v) is 1.73. The van der Waals surface area contributed by atoms with Gasteiger partial charge in [0.25, 0.3) is 5.56 Å². The molecule has 0 aliphatic carbocycles. The first-order chi connectivity index (χ1) is 6.61. The second-order valence-corrected chi connectivity index (χ2v) is 3.05. The van der Waals surface area contributed by atoms with E-state index in [1.165, 1.54) is 6.07 Å². The fourth-order valence-corrected chi connectivity index (χ4v) is 0.859. The Hall–Kier alpha value is -1.65. The zero-order valence-electron chi connectivity index (χ0n) is 8.59. The highest BCUT2D eigenvalue weighted by Gasteiger charge is 1.95. The number of hydrazone groups is 1. The molecule has 0 aromatic carbocycles. The second-order valence-electron chi connectivity index (χ2n) is 3.05. The summed E-state index contributed by atoms with van der Waals surface area (Å²) in [6, 6.07) is 1.43. The molecule has 1 heterocycles.